The largest absolute Gasteiger partial charge is 0.348 e. The van der Waals surface area contributed by atoms with Crippen LogP contribution in [0.5, 0.6) is 0 Å². The zero-order valence-corrected chi connectivity index (χ0v) is 12.2. The van der Waals surface area contributed by atoms with Gasteiger partial charge in [0.25, 0.3) is 5.91 Å². The lowest BCUT2D eigenvalue weighted by Gasteiger charge is -2.24. The van der Waals surface area contributed by atoms with Gasteiger partial charge >= 0.3 is 0 Å². The van der Waals surface area contributed by atoms with Gasteiger partial charge in [0.2, 0.25) is 0 Å². The van der Waals surface area contributed by atoms with Gasteiger partial charge in [0.15, 0.2) is 0 Å². The van der Waals surface area contributed by atoms with E-state index in [0.717, 1.165) is 29.5 Å². The van der Waals surface area contributed by atoms with Crippen LogP contribution in [0.1, 0.15) is 23.2 Å². The maximum absolute atomic E-state index is 12.0. The lowest BCUT2D eigenvalue weighted by atomic mass is 10.1. The van der Waals surface area contributed by atoms with E-state index in [9.17, 15) is 4.79 Å². The predicted octanol–water partition coefficient (Wildman–Crippen LogP) is 2.43. The van der Waals surface area contributed by atoms with Crippen LogP contribution in [0, 0.1) is 3.57 Å². The molecule has 1 aliphatic rings. The van der Waals surface area contributed by atoms with Gasteiger partial charge in [0, 0.05) is 16.2 Å². The van der Waals surface area contributed by atoms with Crippen LogP contribution in [0.25, 0.3) is 0 Å². The average Bonchev–Trinajstić information content (AvgIpc) is 2.30. The molecule has 1 saturated heterocycles. The van der Waals surface area contributed by atoms with E-state index in [4.69, 9.17) is 11.6 Å². The Balaban J connectivity index is 2.03. The third-order valence-electron chi connectivity index (χ3n) is 2.81. The van der Waals surface area contributed by atoms with E-state index in [1.807, 2.05) is 6.07 Å². The quantitative estimate of drug-likeness (QED) is 0.792. The first-order valence-electron chi connectivity index (χ1n) is 5.63. The Hall–Kier alpha value is -0.330. The van der Waals surface area contributed by atoms with Gasteiger partial charge in [0.1, 0.15) is 0 Å². The molecular weight excluding hydrogens is 351 g/mol. The van der Waals surface area contributed by atoms with Gasteiger partial charge in [-0.3, -0.25) is 4.79 Å². The summed E-state index contributed by atoms with van der Waals surface area (Å²) in [5.74, 6) is -0.0832. The molecule has 1 atom stereocenters. The van der Waals surface area contributed by atoms with Crippen LogP contribution in [0.3, 0.4) is 0 Å². The first-order chi connectivity index (χ1) is 8.16. The van der Waals surface area contributed by atoms with E-state index in [0.29, 0.717) is 10.6 Å². The Morgan fingerprint density at radius 1 is 1.53 bits per heavy atom. The second kappa shape index (κ2) is 6.02. The Morgan fingerprint density at radius 3 is 3.00 bits per heavy atom. The molecular formula is C12H14ClIN2O. The van der Waals surface area contributed by atoms with Gasteiger partial charge in [0.05, 0.1) is 10.6 Å². The minimum absolute atomic E-state index is 0.0832. The molecule has 2 rings (SSSR count). The van der Waals surface area contributed by atoms with Crippen molar-refractivity contribution in [1.29, 1.82) is 0 Å². The van der Waals surface area contributed by atoms with Crippen LogP contribution in [0.2, 0.25) is 5.02 Å². The molecule has 0 spiro atoms. The summed E-state index contributed by atoms with van der Waals surface area (Å²) in [5, 5.41) is 6.79. The van der Waals surface area contributed by atoms with Crippen molar-refractivity contribution in [3.8, 4) is 0 Å². The summed E-state index contributed by atoms with van der Waals surface area (Å²) in [6.45, 7) is 1.88. The van der Waals surface area contributed by atoms with Gasteiger partial charge < -0.3 is 10.6 Å². The SMILES string of the molecule is O=C(N[C@H]1CCCNC1)c1ccc(I)cc1Cl. The molecule has 1 heterocycles. The lowest BCUT2D eigenvalue weighted by molar-refractivity contribution is 0.0931. The smallest absolute Gasteiger partial charge is 0.253 e. The molecule has 0 aliphatic carbocycles. The summed E-state index contributed by atoms with van der Waals surface area (Å²) in [6.07, 6.45) is 2.13. The van der Waals surface area contributed by atoms with Crippen LogP contribution < -0.4 is 10.6 Å². The number of hydrogen-bond acceptors (Lipinski definition) is 2. The number of carbonyl (C=O) groups excluding carboxylic acids is 1. The average molecular weight is 365 g/mol. The number of piperidine rings is 1. The van der Waals surface area contributed by atoms with Gasteiger partial charge in [-0.15, -0.1) is 0 Å². The number of rotatable bonds is 2. The van der Waals surface area contributed by atoms with E-state index in [2.05, 4.69) is 33.2 Å². The fourth-order valence-corrected chi connectivity index (χ4v) is 2.85. The monoisotopic (exact) mass is 364 g/mol. The minimum atomic E-state index is -0.0832. The molecule has 1 aromatic rings. The lowest BCUT2D eigenvalue weighted by Crippen LogP contribution is -2.45. The molecule has 2 N–H and O–H groups in total. The Bertz CT molecular complexity index is 419. The number of carbonyl (C=O) groups is 1. The van der Waals surface area contributed by atoms with Crippen LogP contribution in [0.4, 0.5) is 0 Å². The number of hydrogen-bond donors (Lipinski definition) is 2. The summed E-state index contributed by atoms with van der Waals surface area (Å²) >= 11 is 8.24. The Kier molecular flexibility index (Phi) is 4.64. The molecule has 92 valence electrons. The second-order valence-corrected chi connectivity index (χ2v) is 5.79. The number of benzene rings is 1. The van der Waals surface area contributed by atoms with Crippen LogP contribution in [-0.2, 0) is 0 Å². The molecule has 1 aliphatic heterocycles. The third-order valence-corrected chi connectivity index (χ3v) is 3.79. The highest BCUT2D eigenvalue weighted by Crippen LogP contribution is 2.19. The van der Waals surface area contributed by atoms with E-state index in [-0.39, 0.29) is 11.9 Å². The molecule has 5 heteroatoms. The highest BCUT2D eigenvalue weighted by Gasteiger charge is 2.17. The Labute approximate surface area is 119 Å². The van der Waals surface area contributed by atoms with Crippen molar-refractivity contribution in [2.24, 2.45) is 0 Å². The van der Waals surface area contributed by atoms with Gasteiger partial charge in [-0.2, -0.15) is 0 Å². The van der Waals surface area contributed by atoms with Crippen molar-refractivity contribution in [3.63, 3.8) is 0 Å². The van der Waals surface area contributed by atoms with Crippen molar-refractivity contribution in [2.45, 2.75) is 18.9 Å². The molecule has 0 radical (unpaired) electrons. The maximum atomic E-state index is 12.0. The predicted molar refractivity (Wildman–Crippen MR) is 77.5 cm³/mol. The van der Waals surface area contributed by atoms with E-state index >= 15 is 0 Å². The molecule has 1 aromatic carbocycles. The van der Waals surface area contributed by atoms with E-state index in [1.165, 1.54) is 0 Å². The van der Waals surface area contributed by atoms with Crippen molar-refractivity contribution >= 4 is 40.1 Å². The molecule has 0 bridgehead atoms. The number of amides is 1. The zero-order valence-electron chi connectivity index (χ0n) is 9.30. The van der Waals surface area contributed by atoms with Crippen LogP contribution in [-0.4, -0.2) is 25.0 Å². The standard InChI is InChI=1S/C12H14ClIN2O/c13-11-6-8(14)3-4-10(11)12(17)16-9-2-1-5-15-7-9/h3-4,6,9,15H,1-2,5,7H2,(H,16,17)/t9-/m0/s1. The summed E-state index contributed by atoms with van der Waals surface area (Å²) in [5.41, 5.74) is 0.553. The van der Waals surface area contributed by atoms with Gasteiger partial charge in [-0.05, 0) is 60.2 Å². The zero-order chi connectivity index (χ0) is 12.3. The molecule has 17 heavy (non-hydrogen) atoms. The molecule has 1 fully saturated rings. The summed E-state index contributed by atoms with van der Waals surface area (Å²) in [7, 11) is 0. The molecule has 0 aromatic heterocycles. The van der Waals surface area contributed by atoms with Crippen molar-refractivity contribution in [1.82, 2.24) is 10.6 Å². The van der Waals surface area contributed by atoms with E-state index in [1.54, 1.807) is 12.1 Å². The minimum Gasteiger partial charge on any atom is -0.348 e. The van der Waals surface area contributed by atoms with Crippen LogP contribution >= 0.6 is 34.2 Å². The van der Waals surface area contributed by atoms with Crippen molar-refractivity contribution < 1.29 is 4.79 Å². The molecule has 3 nitrogen and oxygen atoms in total. The van der Waals surface area contributed by atoms with Crippen LogP contribution in [0.15, 0.2) is 18.2 Å². The van der Waals surface area contributed by atoms with E-state index < -0.39 is 0 Å². The Morgan fingerprint density at radius 2 is 2.35 bits per heavy atom. The third kappa shape index (κ3) is 3.56. The normalized spacial score (nSPS) is 20.0. The number of halogens is 2. The second-order valence-electron chi connectivity index (χ2n) is 4.14. The highest BCUT2D eigenvalue weighted by atomic mass is 127. The van der Waals surface area contributed by atoms with Gasteiger partial charge in [-0.25, -0.2) is 0 Å². The fourth-order valence-electron chi connectivity index (χ4n) is 1.91. The first kappa shape index (κ1) is 13.1. The van der Waals surface area contributed by atoms with Gasteiger partial charge in [-0.1, -0.05) is 11.6 Å². The first-order valence-corrected chi connectivity index (χ1v) is 7.09. The highest BCUT2D eigenvalue weighted by molar-refractivity contribution is 14.1. The fraction of sp³-hybridized carbons (Fsp3) is 0.417. The van der Waals surface area contributed by atoms with Crippen molar-refractivity contribution in [2.75, 3.05) is 13.1 Å². The van der Waals surface area contributed by atoms with Crippen molar-refractivity contribution in [3.05, 3.63) is 32.4 Å². The topological polar surface area (TPSA) is 41.1 Å². The number of nitrogens with one attached hydrogen (secondary N) is 2. The summed E-state index contributed by atoms with van der Waals surface area (Å²) in [4.78, 5) is 12.0. The molecule has 0 unspecified atom stereocenters. The maximum Gasteiger partial charge on any atom is 0.253 e. The molecule has 0 saturated carbocycles. The molecule has 1 amide bonds. The summed E-state index contributed by atoms with van der Waals surface area (Å²) in [6, 6.07) is 5.68. The summed E-state index contributed by atoms with van der Waals surface area (Å²) < 4.78 is 1.03.